The molecule has 8 heteroatoms. The van der Waals surface area contributed by atoms with Gasteiger partial charge in [0.1, 0.15) is 23.4 Å². The molecule has 0 aromatic heterocycles. The molecule has 8 nitrogen and oxygen atoms in total. The maximum Gasteiger partial charge on any atom is 0.408 e. The van der Waals surface area contributed by atoms with Crippen LogP contribution in [0.25, 0.3) is 0 Å². The normalized spacial score (nSPS) is 12.8. The van der Waals surface area contributed by atoms with Crippen LogP contribution < -0.4 is 15.4 Å². The summed E-state index contributed by atoms with van der Waals surface area (Å²) < 4.78 is 10.8. The smallest absolute Gasteiger partial charge is 0.408 e. The molecule has 2 aromatic carbocycles. The van der Waals surface area contributed by atoms with Crippen LogP contribution in [0.15, 0.2) is 48.5 Å². The van der Waals surface area contributed by atoms with E-state index in [1.54, 1.807) is 57.0 Å². The Morgan fingerprint density at radius 1 is 0.907 bits per heavy atom. The van der Waals surface area contributed by atoms with Gasteiger partial charge >= 0.3 is 6.09 Å². The maximum absolute atomic E-state index is 14.5. The van der Waals surface area contributed by atoms with Gasteiger partial charge in [-0.1, -0.05) is 77.1 Å². The van der Waals surface area contributed by atoms with Gasteiger partial charge in [0.05, 0.1) is 7.11 Å². The number of unbranched alkanes of at least 4 members (excludes halogenated alkanes) is 5. The predicted molar refractivity (Wildman–Crippen MR) is 173 cm³/mol. The molecular weight excluding hydrogens is 542 g/mol. The molecule has 2 rings (SSSR count). The minimum absolute atomic E-state index is 0.116. The van der Waals surface area contributed by atoms with Crippen molar-refractivity contribution >= 4 is 23.6 Å². The summed E-state index contributed by atoms with van der Waals surface area (Å²) in [5, 5.41) is 5.85. The number of carbonyl (C=O) groups is 3. The number of nitrogens with zero attached hydrogens (tertiary/aromatic N) is 1. The number of alkyl carbamates (subject to hydrolysis) is 1. The summed E-state index contributed by atoms with van der Waals surface area (Å²) in [6.07, 6.45) is 5.97. The van der Waals surface area contributed by atoms with Crippen molar-refractivity contribution in [3.63, 3.8) is 0 Å². The second-order valence-corrected chi connectivity index (χ2v) is 12.6. The lowest BCUT2D eigenvalue weighted by atomic mass is 9.96. The second kappa shape index (κ2) is 17.5. The molecule has 0 radical (unpaired) electrons. The van der Waals surface area contributed by atoms with Crippen molar-refractivity contribution in [2.75, 3.05) is 19.0 Å². The van der Waals surface area contributed by atoms with Gasteiger partial charge in [-0.3, -0.25) is 9.59 Å². The summed E-state index contributed by atoms with van der Waals surface area (Å²) in [5.41, 5.74) is 1.53. The van der Waals surface area contributed by atoms with Gasteiger partial charge in [0.25, 0.3) is 5.91 Å². The van der Waals surface area contributed by atoms with Crippen molar-refractivity contribution in [3.8, 4) is 5.75 Å². The highest BCUT2D eigenvalue weighted by Gasteiger charge is 2.37. The van der Waals surface area contributed by atoms with Crippen molar-refractivity contribution in [2.24, 2.45) is 5.92 Å². The SMILES string of the molecule is CCCCCCCCN(C(=O)C(CC(C)C)NC(=O)OC(C)(C)C)C(C(=O)Nc1ccc(OC)cc1)c1ccccc1C. The number of methoxy groups -OCH3 is 1. The Labute approximate surface area is 258 Å². The van der Waals surface area contributed by atoms with E-state index in [0.717, 1.165) is 43.2 Å². The Morgan fingerprint density at radius 3 is 2.12 bits per heavy atom. The van der Waals surface area contributed by atoms with Crippen molar-refractivity contribution in [3.05, 3.63) is 59.7 Å². The molecule has 0 spiro atoms. The number of amides is 3. The van der Waals surface area contributed by atoms with E-state index >= 15 is 0 Å². The van der Waals surface area contributed by atoms with Gasteiger partial charge in [-0.05, 0) is 81.8 Å². The van der Waals surface area contributed by atoms with E-state index in [0.29, 0.717) is 24.4 Å². The monoisotopic (exact) mass is 595 g/mol. The van der Waals surface area contributed by atoms with E-state index in [1.807, 2.05) is 45.0 Å². The van der Waals surface area contributed by atoms with Crippen LogP contribution in [0.4, 0.5) is 10.5 Å². The van der Waals surface area contributed by atoms with Crippen LogP contribution in [-0.2, 0) is 14.3 Å². The van der Waals surface area contributed by atoms with Crippen molar-refractivity contribution in [2.45, 2.75) is 111 Å². The van der Waals surface area contributed by atoms with Crippen LogP contribution in [0.2, 0.25) is 0 Å². The number of benzene rings is 2. The summed E-state index contributed by atoms with van der Waals surface area (Å²) in [5.74, 6) is 0.175. The quantitative estimate of drug-likeness (QED) is 0.193. The van der Waals surface area contributed by atoms with Gasteiger partial charge < -0.3 is 25.0 Å². The molecule has 2 atom stereocenters. The highest BCUT2D eigenvalue weighted by atomic mass is 16.6. The fourth-order valence-corrected chi connectivity index (χ4v) is 5.00. The standard InChI is InChI=1S/C35H53N3O5/c1-9-10-11-12-13-16-23-38(33(40)30(24-25(2)3)37-34(41)43-35(5,6)7)31(29-18-15-14-17-26(29)4)32(39)36-27-19-21-28(42-8)22-20-27/h14-15,17-22,25,30-31H,9-13,16,23-24H2,1-8H3,(H,36,39)(H,37,41). The van der Waals surface area contributed by atoms with E-state index in [9.17, 15) is 14.4 Å². The highest BCUT2D eigenvalue weighted by Crippen LogP contribution is 2.29. The molecule has 0 fully saturated rings. The van der Waals surface area contributed by atoms with Gasteiger partial charge in [0.2, 0.25) is 5.91 Å². The average molecular weight is 596 g/mol. The van der Waals surface area contributed by atoms with E-state index in [2.05, 4.69) is 17.6 Å². The zero-order chi connectivity index (χ0) is 32.0. The van der Waals surface area contributed by atoms with Crippen LogP contribution in [0.1, 0.15) is 104 Å². The fraction of sp³-hybridized carbons (Fsp3) is 0.571. The summed E-state index contributed by atoms with van der Waals surface area (Å²) >= 11 is 0. The van der Waals surface area contributed by atoms with Crippen LogP contribution in [-0.4, -0.2) is 48.1 Å². The Morgan fingerprint density at radius 2 is 1.53 bits per heavy atom. The number of nitrogens with one attached hydrogen (secondary N) is 2. The molecule has 238 valence electrons. The van der Waals surface area contributed by atoms with Crippen molar-refractivity contribution < 1.29 is 23.9 Å². The summed E-state index contributed by atoms with van der Waals surface area (Å²) in [4.78, 5) is 43.1. The van der Waals surface area contributed by atoms with Crippen LogP contribution in [0.3, 0.4) is 0 Å². The number of hydrogen-bond donors (Lipinski definition) is 2. The molecule has 2 unspecified atom stereocenters. The summed E-state index contributed by atoms with van der Waals surface area (Å²) in [6, 6.07) is 13.0. The first-order chi connectivity index (χ1) is 20.4. The third-order valence-corrected chi connectivity index (χ3v) is 7.13. The first-order valence-corrected chi connectivity index (χ1v) is 15.7. The Balaban J connectivity index is 2.51. The van der Waals surface area contributed by atoms with Crippen LogP contribution >= 0.6 is 0 Å². The molecule has 0 heterocycles. The number of ether oxygens (including phenoxy) is 2. The Kier molecular flexibility index (Phi) is 14.5. The molecule has 0 aliphatic carbocycles. The summed E-state index contributed by atoms with van der Waals surface area (Å²) in [6.45, 7) is 13.9. The van der Waals surface area contributed by atoms with Crippen LogP contribution in [0.5, 0.6) is 5.75 Å². The molecule has 0 saturated carbocycles. The maximum atomic E-state index is 14.5. The number of rotatable bonds is 16. The Bertz CT molecular complexity index is 1160. The number of aryl methyl sites for hydroxylation is 1. The van der Waals surface area contributed by atoms with E-state index < -0.39 is 23.8 Å². The summed E-state index contributed by atoms with van der Waals surface area (Å²) in [7, 11) is 1.59. The van der Waals surface area contributed by atoms with E-state index in [4.69, 9.17) is 9.47 Å². The molecule has 0 aliphatic heterocycles. The molecule has 2 aromatic rings. The van der Waals surface area contributed by atoms with Gasteiger partial charge in [0, 0.05) is 12.2 Å². The first kappa shape index (κ1) is 35.6. The zero-order valence-electron chi connectivity index (χ0n) is 27.5. The first-order valence-electron chi connectivity index (χ1n) is 15.7. The fourth-order valence-electron chi connectivity index (χ4n) is 5.00. The Hall–Kier alpha value is -3.55. The largest absolute Gasteiger partial charge is 0.497 e. The van der Waals surface area contributed by atoms with E-state index in [-0.39, 0.29) is 17.7 Å². The lowest BCUT2D eigenvalue weighted by Crippen LogP contribution is -2.53. The molecule has 2 N–H and O–H groups in total. The third-order valence-electron chi connectivity index (χ3n) is 7.13. The van der Waals surface area contributed by atoms with Gasteiger partial charge in [0.15, 0.2) is 0 Å². The number of carbonyl (C=O) groups excluding carboxylic acids is 3. The zero-order valence-corrected chi connectivity index (χ0v) is 27.5. The topological polar surface area (TPSA) is 97.0 Å². The second-order valence-electron chi connectivity index (χ2n) is 12.6. The molecule has 0 saturated heterocycles. The lowest BCUT2D eigenvalue weighted by molar-refractivity contribution is -0.141. The number of hydrogen-bond acceptors (Lipinski definition) is 5. The molecule has 3 amide bonds. The molecule has 0 bridgehead atoms. The molecular formula is C35H53N3O5. The van der Waals surface area contributed by atoms with E-state index in [1.165, 1.54) is 6.42 Å². The number of anilines is 1. The van der Waals surface area contributed by atoms with Gasteiger partial charge in [-0.15, -0.1) is 0 Å². The minimum Gasteiger partial charge on any atom is -0.497 e. The van der Waals surface area contributed by atoms with Crippen molar-refractivity contribution in [1.29, 1.82) is 0 Å². The third kappa shape index (κ3) is 12.3. The minimum atomic E-state index is -0.901. The highest BCUT2D eigenvalue weighted by molar-refractivity contribution is 5.99. The lowest BCUT2D eigenvalue weighted by Gasteiger charge is -2.35. The van der Waals surface area contributed by atoms with Gasteiger partial charge in [-0.2, -0.15) is 0 Å². The molecule has 0 aliphatic rings. The van der Waals surface area contributed by atoms with Crippen LogP contribution in [0, 0.1) is 12.8 Å². The predicted octanol–water partition coefficient (Wildman–Crippen LogP) is 7.81. The van der Waals surface area contributed by atoms with Crippen molar-refractivity contribution in [1.82, 2.24) is 10.2 Å². The average Bonchev–Trinajstić information content (AvgIpc) is 2.93. The molecule has 43 heavy (non-hydrogen) atoms. The van der Waals surface area contributed by atoms with Gasteiger partial charge in [-0.25, -0.2) is 4.79 Å².